The van der Waals surface area contributed by atoms with Crippen molar-refractivity contribution in [3.63, 3.8) is 0 Å². The number of hydrogen-bond donors (Lipinski definition) is 1. The Bertz CT molecular complexity index is 577. The van der Waals surface area contributed by atoms with Gasteiger partial charge in [-0.3, -0.25) is 4.79 Å². The van der Waals surface area contributed by atoms with Crippen LogP contribution in [0.15, 0.2) is 45.6 Å². The molecular formula is C13H11BrN2O2. The molecule has 2 aromatic rings. The molecule has 18 heavy (non-hydrogen) atoms. The first-order valence-corrected chi connectivity index (χ1v) is 6.09. The first kappa shape index (κ1) is 12.6. The Balaban J connectivity index is 2.03. The van der Waals surface area contributed by atoms with Crippen LogP contribution < -0.4 is 5.32 Å². The van der Waals surface area contributed by atoms with Gasteiger partial charge in [-0.25, -0.2) is 4.98 Å². The summed E-state index contributed by atoms with van der Waals surface area (Å²) in [6, 6.07) is 5.42. The molecule has 2 heterocycles. The normalized spacial score (nSPS) is 10.8. The molecule has 0 bridgehead atoms. The maximum absolute atomic E-state index is 11.7. The molecule has 0 atom stereocenters. The third-order valence-electron chi connectivity index (χ3n) is 2.23. The van der Waals surface area contributed by atoms with Crippen molar-refractivity contribution in [1.82, 2.24) is 4.98 Å². The van der Waals surface area contributed by atoms with Crippen LogP contribution in [0.25, 0.3) is 6.08 Å². The zero-order chi connectivity index (χ0) is 13.0. The Morgan fingerprint density at radius 1 is 1.56 bits per heavy atom. The molecule has 0 saturated heterocycles. The van der Waals surface area contributed by atoms with Crippen LogP contribution in [0.3, 0.4) is 0 Å². The number of rotatable bonds is 3. The number of aromatic nitrogens is 1. The summed E-state index contributed by atoms with van der Waals surface area (Å²) in [6.07, 6.45) is 6.20. The lowest BCUT2D eigenvalue weighted by Crippen LogP contribution is -2.10. The first-order chi connectivity index (χ1) is 8.65. The van der Waals surface area contributed by atoms with Gasteiger partial charge < -0.3 is 9.73 Å². The van der Waals surface area contributed by atoms with Crippen LogP contribution in [0.5, 0.6) is 0 Å². The highest BCUT2D eigenvalue weighted by atomic mass is 79.9. The fourth-order valence-electron chi connectivity index (χ4n) is 1.37. The minimum atomic E-state index is -0.246. The van der Waals surface area contributed by atoms with E-state index in [9.17, 15) is 4.79 Å². The van der Waals surface area contributed by atoms with Crippen molar-refractivity contribution in [2.24, 2.45) is 0 Å². The molecule has 1 N–H and O–H groups in total. The number of hydrogen-bond acceptors (Lipinski definition) is 3. The van der Waals surface area contributed by atoms with E-state index in [1.807, 2.05) is 13.0 Å². The number of halogens is 1. The number of carbonyl (C=O) groups excluding carboxylic acids is 1. The molecule has 0 aliphatic heterocycles. The minimum absolute atomic E-state index is 0.246. The van der Waals surface area contributed by atoms with Gasteiger partial charge in [-0.1, -0.05) is 0 Å². The molecule has 0 aliphatic carbocycles. The lowest BCUT2D eigenvalue weighted by atomic mass is 10.3. The predicted octanol–water partition coefficient (Wildman–Crippen LogP) is 3.40. The van der Waals surface area contributed by atoms with Gasteiger partial charge in [-0.2, -0.15) is 0 Å². The number of amides is 1. The SMILES string of the molecule is Cc1cc(Br)cnc1NC(=O)/C=C/c1ccco1. The molecule has 0 spiro atoms. The average molecular weight is 307 g/mol. The summed E-state index contributed by atoms with van der Waals surface area (Å²) in [5, 5.41) is 2.70. The topological polar surface area (TPSA) is 55.1 Å². The van der Waals surface area contributed by atoms with E-state index in [0.717, 1.165) is 10.0 Å². The minimum Gasteiger partial charge on any atom is -0.465 e. The molecule has 5 heteroatoms. The predicted molar refractivity (Wildman–Crippen MR) is 73.0 cm³/mol. The van der Waals surface area contributed by atoms with Crippen molar-refractivity contribution in [2.45, 2.75) is 6.92 Å². The summed E-state index contributed by atoms with van der Waals surface area (Å²) in [7, 11) is 0. The molecule has 92 valence electrons. The van der Waals surface area contributed by atoms with Crippen molar-refractivity contribution in [3.05, 3.63) is 52.5 Å². The molecule has 0 aromatic carbocycles. The van der Waals surface area contributed by atoms with E-state index in [0.29, 0.717) is 11.6 Å². The fraction of sp³-hybridized carbons (Fsp3) is 0.0769. The zero-order valence-electron chi connectivity index (χ0n) is 9.68. The maximum Gasteiger partial charge on any atom is 0.249 e. The Hall–Kier alpha value is -1.88. The van der Waals surface area contributed by atoms with E-state index >= 15 is 0 Å². The van der Waals surface area contributed by atoms with Gasteiger partial charge >= 0.3 is 0 Å². The smallest absolute Gasteiger partial charge is 0.249 e. The van der Waals surface area contributed by atoms with Crippen molar-refractivity contribution in [1.29, 1.82) is 0 Å². The molecule has 0 radical (unpaired) electrons. The number of carbonyl (C=O) groups is 1. The van der Waals surface area contributed by atoms with Gasteiger partial charge in [-0.05, 0) is 52.7 Å². The van der Waals surface area contributed by atoms with Gasteiger partial charge in [0.1, 0.15) is 11.6 Å². The molecule has 4 nitrogen and oxygen atoms in total. The second-order valence-corrected chi connectivity index (χ2v) is 4.57. The summed E-state index contributed by atoms with van der Waals surface area (Å²) in [4.78, 5) is 15.8. The molecule has 0 aliphatic rings. The Labute approximate surface area is 113 Å². The van der Waals surface area contributed by atoms with E-state index < -0.39 is 0 Å². The van der Waals surface area contributed by atoms with E-state index in [1.165, 1.54) is 6.08 Å². The van der Waals surface area contributed by atoms with Gasteiger partial charge in [0.2, 0.25) is 5.91 Å². The zero-order valence-corrected chi connectivity index (χ0v) is 11.3. The van der Waals surface area contributed by atoms with E-state index in [-0.39, 0.29) is 5.91 Å². The molecule has 0 unspecified atom stereocenters. The van der Waals surface area contributed by atoms with Crippen LogP contribution in [0.1, 0.15) is 11.3 Å². The number of nitrogens with one attached hydrogen (secondary N) is 1. The quantitative estimate of drug-likeness (QED) is 0.884. The molecule has 1 amide bonds. The van der Waals surface area contributed by atoms with Gasteiger partial charge in [0.25, 0.3) is 0 Å². The molecule has 0 saturated carbocycles. The average Bonchev–Trinajstić information content (AvgIpc) is 2.83. The maximum atomic E-state index is 11.7. The lowest BCUT2D eigenvalue weighted by Gasteiger charge is -2.04. The van der Waals surface area contributed by atoms with Gasteiger partial charge in [-0.15, -0.1) is 0 Å². The van der Waals surface area contributed by atoms with Crippen molar-refractivity contribution < 1.29 is 9.21 Å². The van der Waals surface area contributed by atoms with Crippen LogP contribution in [0.2, 0.25) is 0 Å². The molecular weight excluding hydrogens is 296 g/mol. The number of anilines is 1. The Morgan fingerprint density at radius 3 is 3.06 bits per heavy atom. The van der Waals surface area contributed by atoms with Crippen molar-refractivity contribution in [3.8, 4) is 0 Å². The second-order valence-electron chi connectivity index (χ2n) is 3.66. The highest BCUT2D eigenvalue weighted by Gasteiger charge is 2.03. The van der Waals surface area contributed by atoms with Crippen LogP contribution in [0, 0.1) is 6.92 Å². The number of aryl methyl sites for hydroxylation is 1. The molecule has 2 aromatic heterocycles. The van der Waals surface area contributed by atoms with Crippen LogP contribution in [-0.2, 0) is 4.79 Å². The third-order valence-corrected chi connectivity index (χ3v) is 2.66. The van der Waals surface area contributed by atoms with Crippen LogP contribution >= 0.6 is 15.9 Å². The second kappa shape index (κ2) is 5.64. The number of furan rings is 1. The molecule has 2 rings (SSSR count). The number of pyridine rings is 1. The summed E-state index contributed by atoms with van der Waals surface area (Å²) < 4.78 is 5.96. The number of nitrogens with zero attached hydrogens (tertiary/aromatic N) is 1. The third kappa shape index (κ3) is 3.30. The summed E-state index contributed by atoms with van der Waals surface area (Å²) in [5.41, 5.74) is 0.893. The van der Waals surface area contributed by atoms with E-state index in [1.54, 1.807) is 30.7 Å². The summed E-state index contributed by atoms with van der Waals surface area (Å²) in [5.74, 6) is 0.933. The van der Waals surface area contributed by atoms with E-state index in [2.05, 4.69) is 26.2 Å². The highest BCUT2D eigenvalue weighted by molar-refractivity contribution is 9.10. The highest BCUT2D eigenvalue weighted by Crippen LogP contribution is 2.16. The lowest BCUT2D eigenvalue weighted by molar-refractivity contribution is -0.111. The Kier molecular flexibility index (Phi) is 3.94. The largest absolute Gasteiger partial charge is 0.465 e. The van der Waals surface area contributed by atoms with Crippen molar-refractivity contribution >= 4 is 33.7 Å². The fourth-order valence-corrected chi connectivity index (χ4v) is 1.82. The van der Waals surface area contributed by atoms with E-state index in [4.69, 9.17) is 4.42 Å². The molecule has 0 fully saturated rings. The standard InChI is InChI=1S/C13H11BrN2O2/c1-9-7-10(14)8-15-13(9)16-12(17)5-4-11-3-2-6-18-11/h2-8H,1H3,(H,15,16,17)/b5-4+. The van der Waals surface area contributed by atoms with Gasteiger partial charge in [0.15, 0.2) is 0 Å². The Morgan fingerprint density at radius 2 is 2.39 bits per heavy atom. The summed E-state index contributed by atoms with van der Waals surface area (Å²) >= 11 is 3.32. The van der Waals surface area contributed by atoms with Gasteiger partial charge in [0, 0.05) is 16.7 Å². The van der Waals surface area contributed by atoms with Gasteiger partial charge in [0.05, 0.1) is 6.26 Å². The first-order valence-electron chi connectivity index (χ1n) is 5.30. The van der Waals surface area contributed by atoms with Crippen molar-refractivity contribution in [2.75, 3.05) is 5.32 Å². The summed E-state index contributed by atoms with van der Waals surface area (Å²) in [6.45, 7) is 1.88. The monoisotopic (exact) mass is 306 g/mol. The van der Waals surface area contributed by atoms with Crippen LogP contribution in [-0.4, -0.2) is 10.9 Å². The van der Waals surface area contributed by atoms with Crippen LogP contribution in [0.4, 0.5) is 5.82 Å².